The highest BCUT2D eigenvalue weighted by molar-refractivity contribution is 7.47. The summed E-state index contributed by atoms with van der Waals surface area (Å²) >= 11 is 0. The van der Waals surface area contributed by atoms with E-state index in [2.05, 4.69) is 13.8 Å². The summed E-state index contributed by atoms with van der Waals surface area (Å²) in [6, 6.07) is -1.47. The fourth-order valence-corrected chi connectivity index (χ4v) is 8.62. The van der Waals surface area contributed by atoms with Gasteiger partial charge in [0.2, 0.25) is 0 Å². The SMILES string of the molecule is CCCCCCCCCCCCCCCCCCCCCCCCC(=O)OC(COCCCCCCCCCCCCCCCCCCC)COP(=O)(O)OCC(N)C(=O)O. The van der Waals surface area contributed by atoms with E-state index in [1.54, 1.807) is 0 Å². The Labute approximate surface area is 376 Å². The molecule has 0 radical (unpaired) electrons. The van der Waals surface area contributed by atoms with E-state index >= 15 is 0 Å². The number of hydrogen-bond donors (Lipinski definition) is 3. The third-order valence-corrected chi connectivity index (χ3v) is 12.8. The van der Waals surface area contributed by atoms with Gasteiger partial charge in [-0.1, -0.05) is 251 Å². The van der Waals surface area contributed by atoms with Gasteiger partial charge in [-0.3, -0.25) is 18.6 Å². The standard InChI is InChI=1S/C50H100NO9P/c1-3-5-7-9-11-13-15-17-19-21-22-23-24-25-26-28-30-32-34-36-38-40-42-49(52)60-47(45-58-61(55,56)59-46-48(51)50(53)54)44-57-43-41-39-37-35-33-31-29-27-20-18-16-14-12-10-8-6-4-2/h47-48H,3-46,51H2,1-2H3,(H,53,54)(H,55,56). The first-order valence-electron chi connectivity index (χ1n) is 26.1. The number of aliphatic carboxylic acids is 1. The second-order valence-corrected chi connectivity index (χ2v) is 19.5. The second kappa shape index (κ2) is 46.9. The topological polar surface area (TPSA) is 155 Å². The maximum Gasteiger partial charge on any atom is 0.472 e. The van der Waals surface area contributed by atoms with Crippen LogP contribution >= 0.6 is 7.82 Å². The molecule has 0 saturated heterocycles. The van der Waals surface area contributed by atoms with Gasteiger partial charge in [-0.15, -0.1) is 0 Å². The van der Waals surface area contributed by atoms with Gasteiger partial charge in [0, 0.05) is 13.0 Å². The predicted molar refractivity (Wildman–Crippen MR) is 254 cm³/mol. The highest BCUT2D eigenvalue weighted by Gasteiger charge is 2.27. The van der Waals surface area contributed by atoms with E-state index < -0.39 is 45.1 Å². The summed E-state index contributed by atoms with van der Waals surface area (Å²) < 4.78 is 33.5. The number of rotatable bonds is 51. The number of hydrogen-bond acceptors (Lipinski definition) is 8. The summed E-state index contributed by atoms with van der Waals surface area (Å²) in [5.41, 5.74) is 5.38. The van der Waals surface area contributed by atoms with Crippen molar-refractivity contribution in [2.75, 3.05) is 26.4 Å². The minimum atomic E-state index is -4.61. The molecule has 0 bridgehead atoms. The fraction of sp³-hybridized carbons (Fsp3) is 0.960. The summed E-state index contributed by atoms with van der Waals surface area (Å²) in [6.07, 6.45) is 50.2. The van der Waals surface area contributed by atoms with Gasteiger partial charge >= 0.3 is 19.8 Å². The van der Waals surface area contributed by atoms with Crippen molar-refractivity contribution in [3.63, 3.8) is 0 Å². The maximum absolute atomic E-state index is 12.7. The van der Waals surface area contributed by atoms with E-state index in [9.17, 15) is 19.0 Å². The van der Waals surface area contributed by atoms with Crippen molar-refractivity contribution >= 4 is 19.8 Å². The zero-order chi connectivity index (χ0) is 44.8. The van der Waals surface area contributed by atoms with Crippen LogP contribution in [0.2, 0.25) is 0 Å². The van der Waals surface area contributed by atoms with Gasteiger partial charge in [0.05, 0.1) is 19.8 Å². The van der Waals surface area contributed by atoms with E-state index in [-0.39, 0.29) is 13.0 Å². The van der Waals surface area contributed by atoms with E-state index in [0.29, 0.717) is 6.61 Å². The van der Waals surface area contributed by atoms with Crippen LogP contribution in [0, 0.1) is 0 Å². The molecule has 0 spiro atoms. The van der Waals surface area contributed by atoms with Crippen molar-refractivity contribution < 1.29 is 42.7 Å². The average molecular weight is 890 g/mol. The second-order valence-electron chi connectivity index (χ2n) is 18.0. The Morgan fingerprint density at radius 3 is 1.08 bits per heavy atom. The molecular formula is C50H100NO9P. The predicted octanol–water partition coefficient (Wildman–Crippen LogP) is 15.1. The van der Waals surface area contributed by atoms with E-state index in [4.69, 9.17) is 29.4 Å². The number of unbranched alkanes of at least 4 members (excludes halogenated alkanes) is 37. The van der Waals surface area contributed by atoms with Crippen molar-refractivity contribution in [1.29, 1.82) is 0 Å². The van der Waals surface area contributed by atoms with Crippen molar-refractivity contribution in [3.8, 4) is 0 Å². The molecule has 0 heterocycles. The lowest BCUT2D eigenvalue weighted by atomic mass is 10.0. The molecule has 0 aliphatic heterocycles. The van der Waals surface area contributed by atoms with Gasteiger partial charge in [-0.05, 0) is 12.8 Å². The van der Waals surface area contributed by atoms with Crippen molar-refractivity contribution in [2.24, 2.45) is 5.73 Å². The first kappa shape index (κ1) is 60.0. The van der Waals surface area contributed by atoms with Crippen molar-refractivity contribution in [3.05, 3.63) is 0 Å². The Bertz CT molecular complexity index is 987. The zero-order valence-corrected chi connectivity index (χ0v) is 40.9. The molecule has 11 heteroatoms. The highest BCUT2D eigenvalue weighted by Crippen LogP contribution is 2.43. The highest BCUT2D eigenvalue weighted by atomic mass is 31.2. The average Bonchev–Trinajstić information content (AvgIpc) is 3.24. The number of phosphoric acid groups is 1. The molecule has 0 aromatic heterocycles. The Balaban J connectivity index is 4.06. The normalized spacial score (nSPS) is 13.6. The molecule has 4 N–H and O–H groups in total. The number of phosphoric ester groups is 1. The molecule has 0 saturated carbocycles. The van der Waals surface area contributed by atoms with Crippen LogP contribution in [0.15, 0.2) is 0 Å². The van der Waals surface area contributed by atoms with E-state index in [1.807, 2.05) is 0 Å². The molecule has 0 aromatic rings. The van der Waals surface area contributed by atoms with Gasteiger partial charge in [-0.2, -0.15) is 0 Å². The lowest BCUT2D eigenvalue weighted by molar-refractivity contribution is -0.154. The number of carboxylic acids is 1. The quantitative estimate of drug-likeness (QED) is 0.0305. The summed E-state index contributed by atoms with van der Waals surface area (Å²) in [5, 5.41) is 8.93. The first-order chi connectivity index (χ1) is 29.7. The Morgan fingerprint density at radius 1 is 0.459 bits per heavy atom. The molecule has 0 aliphatic rings. The monoisotopic (exact) mass is 890 g/mol. The molecule has 0 rings (SSSR count). The van der Waals surface area contributed by atoms with Gasteiger partial charge < -0.3 is 25.2 Å². The molecule has 10 nitrogen and oxygen atoms in total. The van der Waals surface area contributed by atoms with Crippen LogP contribution in [0.4, 0.5) is 0 Å². The van der Waals surface area contributed by atoms with Crippen molar-refractivity contribution in [2.45, 2.75) is 283 Å². The van der Waals surface area contributed by atoms with Crippen molar-refractivity contribution in [1.82, 2.24) is 0 Å². The van der Waals surface area contributed by atoms with Gasteiger partial charge in [-0.25, -0.2) is 4.57 Å². The first-order valence-corrected chi connectivity index (χ1v) is 27.6. The molecule has 3 atom stereocenters. The van der Waals surface area contributed by atoms with Gasteiger partial charge in [0.1, 0.15) is 12.1 Å². The summed E-state index contributed by atoms with van der Waals surface area (Å²) in [7, 11) is -4.61. The van der Waals surface area contributed by atoms with Crippen LogP contribution in [0.1, 0.15) is 271 Å². The molecule has 0 aromatic carbocycles. The van der Waals surface area contributed by atoms with Gasteiger partial charge in [0.25, 0.3) is 0 Å². The maximum atomic E-state index is 12.7. The molecule has 61 heavy (non-hydrogen) atoms. The molecule has 3 unspecified atom stereocenters. The smallest absolute Gasteiger partial charge is 0.472 e. The van der Waals surface area contributed by atoms with Crippen LogP contribution in [-0.2, 0) is 32.7 Å². The summed E-state index contributed by atoms with van der Waals surface area (Å²) in [5.74, 6) is -1.76. The van der Waals surface area contributed by atoms with Crippen LogP contribution in [0.5, 0.6) is 0 Å². The molecule has 0 aliphatic carbocycles. The summed E-state index contributed by atoms with van der Waals surface area (Å²) in [4.78, 5) is 33.7. The molecule has 0 amide bonds. The van der Waals surface area contributed by atoms with Crippen LogP contribution in [0.25, 0.3) is 0 Å². The molecule has 0 fully saturated rings. The Hall–Kier alpha value is -1.03. The zero-order valence-electron chi connectivity index (χ0n) is 40.0. The number of nitrogens with two attached hydrogens (primary N) is 1. The van der Waals surface area contributed by atoms with E-state index in [1.165, 1.54) is 212 Å². The van der Waals surface area contributed by atoms with Crippen LogP contribution in [0.3, 0.4) is 0 Å². The lowest BCUT2D eigenvalue weighted by Crippen LogP contribution is -2.34. The number of esters is 1. The molecular weight excluding hydrogens is 790 g/mol. The van der Waals surface area contributed by atoms with Gasteiger partial charge in [0.15, 0.2) is 0 Å². The minimum absolute atomic E-state index is 0.0264. The number of carboxylic acid groups (broad SMARTS) is 1. The number of carbonyl (C=O) groups excluding carboxylic acids is 1. The Morgan fingerprint density at radius 2 is 0.754 bits per heavy atom. The summed E-state index contributed by atoms with van der Waals surface area (Å²) in [6.45, 7) is 3.96. The molecule has 364 valence electrons. The third-order valence-electron chi connectivity index (χ3n) is 11.9. The van der Waals surface area contributed by atoms with E-state index in [0.717, 1.165) is 38.5 Å². The third kappa shape index (κ3) is 46.8. The lowest BCUT2D eigenvalue weighted by Gasteiger charge is -2.20. The fourth-order valence-electron chi connectivity index (χ4n) is 7.84. The largest absolute Gasteiger partial charge is 0.480 e. The van der Waals surface area contributed by atoms with Crippen LogP contribution < -0.4 is 5.73 Å². The number of carbonyl (C=O) groups is 2. The number of ether oxygens (including phenoxy) is 2. The minimum Gasteiger partial charge on any atom is -0.480 e. The Kier molecular flexibility index (Phi) is 46.2. The van der Waals surface area contributed by atoms with Crippen LogP contribution in [-0.4, -0.2) is 60.5 Å².